The summed E-state index contributed by atoms with van der Waals surface area (Å²) in [5.74, 6) is -0.302. The van der Waals surface area contributed by atoms with Gasteiger partial charge in [-0.15, -0.1) is 0 Å². The molecule has 1 aromatic carbocycles. The maximum atomic E-state index is 11.7. The van der Waals surface area contributed by atoms with Gasteiger partial charge >= 0.3 is 5.97 Å². The Bertz CT molecular complexity index is 427. The molecule has 2 nitrogen and oxygen atoms in total. The van der Waals surface area contributed by atoms with Gasteiger partial charge in [0.05, 0.1) is 5.56 Å². The summed E-state index contributed by atoms with van der Waals surface area (Å²) in [6.07, 6.45) is 3.40. The van der Waals surface area contributed by atoms with Crippen LogP contribution in [0.4, 0.5) is 0 Å². The zero-order valence-electron chi connectivity index (χ0n) is 10.6. The zero-order valence-corrected chi connectivity index (χ0v) is 10.6. The van der Waals surface area contributed by atoms with E-state index in [2.05, 4.69) is 6.58 Å². The van der Waals surface area contributed by atoms with Crippen LogP contribution in [0.2, 0.25) is 0 Å². The number of hydrogen-bond acceptors (Lipinski definition) is 2. The summed E-state index contributed by atoms with van der Waals surface area (Å²) in [5, 5.41) is 0. The first-order valence-electron chi connectivity index (χ1n) is 5.60. The molecule has 90 valence electrons. The molecule has 0 aliphatic carbocycles. The third-order valence-corrected chi connectivity index (χ3v) is 2.23. The zero-order chi connectivity index (χ0) is 12.8. The molecule has 1 atom stereocenters. The summed E-state index contributed by atoms with van der Waals surface area (Å²) < 4.78 is 5.26. The molecule has 0 unspecified atom stereocenters. The lowest BCUT2D eigenvalue weighted by molar-refractivity contribution is 0.0424. The number of benzene rings is 1. The molecule has 0 radical (unpaired) electrons. The summed E-state index contributed by atoms with van der Waals surface area (Å²) >= 11 is 0. The predicted molar refractivity (Wildman–Crippen MR) is 70.0 cm³/mol. The van der Waals surface area contributed by atoms with Gasteiger partial charge in [0.2, 0.25) is 0 Å². The number of carbonyl (C=O) groups is 1. The van der Waals surface area contributed by atoms with E-state index in [1.165, 1.54) is 0 Å². The number of esters is 1. The minimum absolute atomic E-state index is 0.250. The number of allylic oxidation sites excluding steroid dienone is 2. The third-order valence-electron chi connectivity index (χ3n) is 2.23. The minimum atomic E-state index is -0.302. The highest BCUT2D eigenvalue weighted by molar-refractivity contribution is 5.89. The van der Waals surface area contributed by atoms with Crippen LogP contribution in [-0.2, 0) is 4.74 Å². The van der Waals surface area contributed by atoms with E-state index in [4.69, 9.17) is 4.74 Å². The van der Waals surface area contributed by atoms with Gasteiger partial charge in [-0.25, -0.2) is 4.79 Å². The molecule has 0 N–H and O–H groups in total. The largest absolute Gasteiger partial charge is 0.455 e. The molecule has 0 bridgehead atoms. The molecular formula is C15H18O2. The van der Waals surface area contributed by atoms with Crippen molar-refractivity contribution in [3.63, 3.8) is 0 Å². The highest BCUT2D eigenvalue weighted by Gasteiger charge is 2.09. The fraction of sp³-hybridized carbons (Fsp3) is 0.267. The molecule has 1 aromatic rings. The lowest BCUT2D eigenvalue weighted by atomic mass is 10.1. The standard InChI is InChI=1S/C15H18O2/c1-11(2)5-8-13(4)17-15(16)14-9-6-12(3)7-10-14/h5-10,13H,1H2,2-4H3/b8-5-/t13-/m0/s1. The minimum Gasteiger partial charge on any atom is -0.455 e. The first-order chi connectivity index (χ1) is 7.99. The van der Waals surface area contributed by atoms with E-state index >= 15 is 0 Å². The molecule has 0 fully saturated rings. The maximum Gasteiger partial charge on any atom is 0.338 e. The summed E-state index contributed by atoms with van der Waals surface area (Å²) in [4.78, 5) is 11.7. The molecule has 0 aromatic heterocycles. The van der Waals surface area contributed by atoms with Gasteiger partial charge in [0, 0.05) is 0 Å². The molecule has 0 amide bonds. The lowest BCUT2D eigenvalue weighted by Crippen LogP contribution is -2.12. The highest BCUT2D eigenvalue weighted by Crippen LogP contribution is 2.07. The van der Waals surface area contributed by atoms with Crippen molar-refractivity contribution in [3.8, 4) is 0 Å². The Kier molecular flexibility index (Phi) is 4.70. The van der Waals surface area contributed by atoms with Crippen LogP contribution in [0.5, 0.6) is 0 Å². The van der Waals surface area contributed by atoms with Gasteiger partial charge in [0.15, 0.2) is 0 Å². The number of carbonyl (C=O) groups excluding carboxylic acids is 1. The number of ether oxygens (including phenoxy) is 1. The van der Waals surface area contributed by atoms with Crippen LogP contribution in [0.15, 0.2) is 48.6 Å². The summed E-state index contributed by atoms with van der Waals surface area (Å²) in [6.45, 7) is 9.45. The van der Waals surface area contributed by atoms with Crippen LogP contribution in [0.1, 0.15) is 29.8 Å². The van der Waals surface area contributed by atoms with Gasteiger partial charge in [-0.1, -0.05) is 35.9 Å². The number of aryl methyl sites for hydroxylation is 1. The topological polar surface area (TPSA) is 26.3 Å². The molecule has 0 spiro atoms. The average molecular weight is 230 g/mol. The number of hydrogen-bond donors (Lipinski definition) is 0. The van der Waals surface area contributed by atoms with E-state index in [-0.39, 0.29) is 12.1 Å². The van der Waals surface area contributed by atoms with Crippen molar-refractivity contribution < 1.29 is 9.53 Å². The van der Waals surface area contributed by atoms with Gasteiger partial charge < -0.3 is 4.74 Å². The quantitative estimate of drug-likeness (QED) is 0.582. The van der Waals surface area contributed by atoms with Crippen molar-refractivity contribution in [1.29, 1.82) is 0 Å². The van der Waals surface area contributed by atoms with Gasteiger partial charge in [-0.2, -0.15) is 0 Å². The second kappa shape index (κ2) is 6.04. The molecule has 0 heterocycles. The van der Waals surface area contributed by atoms with E-state index in [9.17, 15) is 4.79 Å². The molecule has 1 rings (SSSR count). The second-order valence-corrected chi connectivity index (χ2v) is 4.18. The summed E-state index contributed by atoms with van der Waals surface area (Å²) in [6, 6.07) is 7.33. The third kappa shape index (κ3) is 4.68. The molecule has 0 saturated heterocycles. The van der Waals surface area contributed by atoms with E-state index in [0.29, 0.717) is 5.56 Å². The van der Waals surface area contributed by atoms with E-state index < -0.39 is 0 Å². The van der Waals surface area contributed by atoms with Gasteiger partial charge in [-0.3, -0.25) is 0 Å². The Morgan fingerprint density at radius 2 is 1.94 bits per heavy atom. The fourth-order valence-electron chi connectivity index (χ4n) is 1.27. The SMILES string of the molecule is C=C(C)/C=C\[C@H](C)OC(=O)c1ccc(C)cc1. The van der Waals surface area contributed by atoms with Crippen LogP contribution < -0.4 is 0 Å². The Morgan fingerprint density at radius 3 is 2.47 bits per heavy atom. The van der Waals surface area contributed by atoms with E-state index in [0.717, 1.165) is 11.1 Å². The second-order valence-electron chi connectivity index (χ2n) is 4.18. The maximum absolute atomic E-state index is 11.7. The summed E-state index contributed by atoms with van der Waals surface area (Å²) in [5.41, 5.74) is 2.63. The van der Waals surface area contributed by atoms with Crippen LogP contribution in [0.3, 0.4) is 0 Å². The Hall–Kier alpha value is -1.83. The lowest BCUT2D eigenvalue weighted by Gasteiger charge is -2.09. The van der Waals surface area contributed by atoms with Crippen molar-refractivity contribution in [2.45, 2.75) is 26.9 Å². The summed E-state index contributed by atoms with van der Waals surface area (Å²) in [7, 11) is 0. The van der Waals surface area contributed by atoms with Crippen molar-refractivity contribution in [1.82, 2.24) is 0 Å². The van der Waals surface area contributed by atoms with Gasteiger partial charge in [-0.05, 0) is 39.0 Å². The van der Waals surface area contributed by atoms with Crippen LogP contribution in [0, 0.1) is 6.92 Å². The molecule has 17 heavy (non-hydrogen) atoms. The van der Waals surface area contributed by atoms with E-state index in [1.54, 1.807) is 12.1 Å². The first-order valence-corrected chi connectivity index (χ1v) is 5.60. The van der Waals surface area contributed by atoms with Crippen molar-refractivity contribution in [2.75, 3.05) is 0 Å². The fourth-order valence-corrected chi connectivity index (χ4v) is 1.27. The van der Waals surface area contributed by atoms with Crippen molar-refractivity contribution >= 4 is 5.97 Å². The van der Waals surface area contributed by atoms with Gasteiger partial charge in [0.1, 0.15) is 6.10 Å². The van der Waals surface area contributed by atoms with Crippen molar-refractivity contribution in [3.05, 3.63) is 59.7 Å². The number of rotatable bonds is 4. The van der Waals surface area contributed by atoms with Crippen LogP contribution in [-0.4, -0.2) is 12.1 Å². The molecule has 0 saturated carbocycles. The smallest absolute Gasteiger partial charge is 0.338 e. The average Bonchev–Trinajstić information content (AvgIpc) is 2.27. The molecule has 0 aliphatic rings. The van der Waals surface area contributed by atoms with E-state index in [1.807, 2.05) is 45.1 Å². The monoisotopic (exact) mass is 230 g/mol. The normalized spacial score (nSPS) is 12.4. The first kappa shape index (κ1) is 13.2. The Balaban J connectivity index is 2.60. The van der Waals surface area contributed by atoms with Gasteiger partial charge in [0.25, 0.3) is 0 Å². The van der Waals surface area contributed by atoms with Crippen molar-refractivity contribution in [2.24, 2.45) is 0 Å². The van der Waals surface area contributed by atoms with Crippen LogP contribution >= 0.6 is 0 Å². The molecule has 0 aliphatic heterocycles. The molecular weight excluding hydrogens is 212 g/mol. The highest BCUT2D eigenvalue weighted by atomic mass is 16.5. The Labute approximate surface area is 103 Å². The Morgan fingerprint density at radius 1 is 1.35 bits per heavy atom. The molecule has 2 heteroatoms. The van der Waals surface area contributed by atoms with Crippen LogP contribution in [0.25, 0.3) is 0 Å². The predicted octanol–water partition coefficient (Wildman–Crippen LogP) is 3.67.